The number of sulfonamides is 1. The number of hydrogen-bond acceptors (Lipinski definition) is 4. The number of aromatic nitrogens is 3. The zero-order chi connectivity index (χ0) is 13.2. The summed E-state index contributed by atoms with van der Waals surface area (Å²) in [6.45, 7) is 1.90. The van der Waals surface area contributed by atoms with Crippen molar-refractivity contribution in [1.82, 2.24) is 19.5 Å². The van der Waals surface area contributed by atoms with E-state index in [0.717, 1.165) is 5.56 Å². The Morgan fingerprint density at radius 2 is 2.00 bits per heavy atom. The number of nitrogens with zero attached hydrogens (tertiary/aromatic N) is 3. The van der Waals surface area contributed by atoms with Crippen molar-refractivity contribution >= 4 is 10.0 Å². The molecule has 0 bridgehead atoms. The van der Waals surface area contributed by atoms with Crippen LogP contribution in [0.1, 0.15) is 11.3 Å². The van der Waals surface area contributed by atoms with Gasteiger partial charge >= 0.3 is 0 Å². The minimum atomic E-state index is -3.52. The highest BCUT2D eigenvalue weighted by Gasteiger charge is 2.19. The maximum Gasteiger partial charge on any atom is 0.244 e. The number of rotatable bonds is 4. The largest absolute Gasteiger partial charge is 0.274 e. The van der Waals surface area contributed by atoms with Gasteiger partial charge < -0.3 is 0 Å². The van der Waals surface area contributed by atoms with Gasteiger partial charge in [-0.2, -0.15) is 5.10 Å². The quantitative estimate of drug-likeness (QED) is 0.879. The maximum absolute atomic E-state index is 12.1. The molecule has 96 valence electrons. The molecule has 0 radical (unpaired) electrons. The van der Waals surface area contributed by atoms with Crippen LogP contribution in [0, 0.1) is 6.92 Å². The van der Waals surface area contributed by atoms with E-state index in [1.54, 1.807) is 38.5 Å². The molecule has 7 heteroatoms. The molecule has 0 spiro atoms. The van der Waals surface area contributed by atoms with Crippen molar-refractivity contribution in [2.75, 3.05) is 0 Å². The van der Waals surface area contributed by atoms with Crippen LogP contribution in [0.4, 0.5) is 0 Å². The first-order valence-corrected chi connectivity index (χ1v) is 6.86. The predicted molar refractivity (Wildman–Crippen MR) is 66.2 cm³/mol. The van der Waals surface area contributed by atoms with E-state index in [1.165, 1.54) is 10.9 Å². The zero-order valence-electron chi connectivity index (χ0n) is 10.2. The second kappa shape index (κ2) is 4.87. The molecule has 0 aliphatic carbocycles. The van der Waals surface area contributed by atoms with E-state index in [9.17, 15) is 8.42 Å². The Bertz CT molecular complexity index is 634. The van der Waals surface area contributed by atoms with Crippen molar-refractivity contribution in [3.05, 3.63) is 42.0 Å². The Morgan fingerprint density at radius 3 is 2.56 bits per heavy atom. The second-order valence-electron chi connectivity index (χ2n) is 3.93. The monoisotopic (exact) mass is 266 g/mol. The molecule has 0 saturated heterocycles. The first-order valence-electron chi connectivity index (χ1n) is 5.38. The van der Waals surface area contributed by atoms with Gasteiger partial charge in [0.15, 0.2) is 0 Å². The lowest BCUT2D eigenvalue weighted by Gasteiger charge is -2.05. The molecule has 0 fully saturated rings. The normalized spacial score (nSPS) is 11.7. The first kappa shape index (κ1) is 12.7. The van der Waals surface area contributed by atoms with Crippen LogP contribution < -0.4 is 4.72 Å². The summed E-state index contributed by atoms with van der Waals surface area (Å²) in [6.07, 6.45) is 4.74. The molecule has 0 amide bonds. The fourth-order valence-electron chi connectivity index (χ4n) is 1.60. The Balaban J connectivity index is 2.16. The molecule has 2 aromatic rings. The van der Waals surface area contributed by atoms with Crippen molar-refractivity contribution in [2.24, 2.45) is 7.05 Å². The Kier molecular flexibility index (Phi) is 3.44. The summed E-state index contributed by atoms with van der Waals surface area (Å²) in [6, 6.07) is 3.53. The van der Waals surface area contributed by atoms with E-state index in [2.05, 4.69) is 14.8 Å². The zero-order valence-corrected chi connectivity index (χ0v) is 11.0. The minimum Gasteiger partial charge on any atom is -0.274 e. The summed E-state index contributed by atoms with van der Waals surface area (Å²) >= 11 is 0. The van der Waals surface area contributed by atoms with Crippen LogP contribution in [0.3, 0.4) is 0 Å². The van der Waals surface area contributed by atoms with Crippen LogP contribution >= 0.6 is 0 Å². The molecule has 2 rings (SSSR count). The van der Waals surface area contributed by atoms with Gasteiger partial charge in [0.2, 0.25) is 10.0 Å². The van der Waals surface area contributed by atoms with Crippen molar-refractivity contribution < 1.29 is 8.42 Å². The molecule has 2 aromatic heterocycles. The van der Waals surface area contributed by atoms with Gasteiger partial charge in [-0.3, -0.25) is 9.67 Å². The lowest BCUT2D eigenvalue weighted by Crippen LogP contribution is -2.23. The van der Waals surface area contributed by atoms with E-state index in [-0.39, 0.29) is 11.4 Å². The van der Waals surface area contributed by atoms with E-state index in [1.807, 2.05) is 0 Å². The Hall–Kier alpha value is -1.73. The van der Waals surface area contributed by atoms with Gasteiger partial charge in [0, 0.05) is 32.2 Å². The average Bonchev–Trinajstić information content (AvgIpc) is 2.68. The van der Waals surface area contributed by atoms with Crippen LogP contribution in [0.15, 0.2) is 35.6 Å². The van der Waals surface area contributed by atoms with Crippen molar-refractivity contribution in [3.63, 3.8) is 0 Å². The average molecular weight is 266 g/mol. The first-order chi connectivity index (χ1) is 8.49. The van der Waals surface area contributed by atoms with Gasteiger partial charge in [-0.05, 0) is 24.6 Å². The molecular formula is C11H14N4O2S. The van der Waals surface area contributed by atoms with Crippen LogP contribution in [0.5, 0.6) is 0 Å². The van der Waals surface area contributed by atoms with E-state index in [4.69, 9.17) is 0 Å². The fraction of sp³-hybridized carbons (Fsp3) is 0.273. The number of hydrogen-bond donors (Lipinski definition) is 1. The SMILES string of the molecule is Cc1nn(C)cc1S(=O)(=O)NCc1ccncc1. The van der Waals surface area contributed by atoms with Crippen molar-refractivity contribution in [2.45, 2.75) is 18.4 Å². The molecule has 2 heterocycles. The van der Waals surface area contributed by atoms with Crippen LogP contribution in [-0.4, -0.2) is 23.2 Å². The Morgan fingerprint density at radius 1 is 1.33 bits per heavy atom. The molecule has 6 nitrogen and oxygen atoms in total. The highest BCUT2D eigenvalue weighted by molar-refractivity contribution is 7.89. The van der Waals surface area contributed by atoms with Gasteiger partial charge in [-0.25, -0.2) is 13.1 Å². The van der Waals surface area contributed by atoms with Gasteiger partial charge in [0.05, 0.1) is 5.69 Å². The molecule has 0 aliphatic heterocycles. The molecule has 0 unspecified atom stereocenters. The van der Waals surface area contributed by atoms with E-state index >= 15 is 0 Å². The Labute approximate surface area is 106 Å². The molecule has 1 N–H and O–H groups in total. The van der Waals surface area contributed by atoms with Crippen molar-refractivity contribution in [3.8, 4) is 0 Å². The topological polar surface area (TPSA) is 76.9 Å². The van der Waals surface area contributed by atoms with Crippen LogP contribution in [-0.2, 0) is 23.6 Å². The molecule has 18 heavy (non-hydrogen) atoms. The maximum atomic E-state index is 12.1. The van der Waals surface area contributed by atoms with Crippen LogP contribution in [0.25, 0.3) is 0 Å². The predicted octanol–water partition coefficient (Wildman–Crippen LogP) is 0.602. The summed E-state index contributed by atoms with van der Waals surface area (Å²) in [4.78, 5) is 4.08. The number of pyridine rings is 1. The minimum absolute atomic E-state index is 0.207. The summed E-state index contributed by atoms with van der Waals surface area (Å²) in [5.41, 5.74) is 1.34. The smallest absolute Gasteiger partial charge is 0.244 e. The van der Waals surface area contributed by atoms with Gasteiger partial charge in [0.25, 0.3) is 0 Å². The van der Waals surface area contributed by atoms with E-state index < -0.39 is 10.0 Å². The highest BCUT2D eigenvalue weighted by Crippen LogP contribution is 2.12. The lowest BCUT2D eigenvalue weighted by molar-refractivity contribution is 0.580. The van der Waals surface area contributed by atoms with Gasteiger partial charge in [0.1, 0.15) is 4.90 Å². The molecule has 0 saturated carbocycles. The van der Waals surface area contributed by atoms with Gasteiger partial charge in [-0.15, -0.1) is 0 Å². The van der Waals surface area contributed by atoms with Gasteiger partial charge in [-0.1, -0.05) is 0 Å². The highest BCUT2D eigenvalue weighted by atomic mass is 32.2. The fourth-order valence-corrected chi connectivity index (χ4v) is 2.83. The third-order valence-electron chi connectivity index (χ3n) is 2.47. The molecular weight excluding hydrogens is 252 g/mol. The summed E-state index contributed by atoms with van der Waals surface area (Å²) in [7, 11) is -1.83. The second-order valence-corrected chi connectivity index (χ2v) is 5.67. The third kappa shape index (κ3) is 2.74. The third-order valence-corrected chi connectivity index (χ3v) is 3.98. The molecule has 0 aromatic carbocycles. The number of aryl methyl sites for hydroxylation is 2. The standard InChI is InChI=1S/C11H14N4O2S/c1-9-11(8-15(2)14-9)18(16,17)13-7-10-3-5-12-6-4-10/h3-6,8,13H,7H2,1-2H3. The number of nitrogens with one attached hydrogen (secondary N) is 1. The van der Waals surface area contributed by atoms with E-state index in [0.29, 0.717) is 5.69 Å². The lowest BCUT2D eigenvalue weighted by atomic mass is 10.3. The molecule has 0 atom stereocenters. The summed E-state index contributed by atoms with van der Waals surface area (Å²) in [5, 5.41) is 4.02. The van der Waals surface area contributed by atoms with Crippen LogP contribution in [0.2, 0.25) is 0 Å². The molecule has 0 aliphatic rings. The summed E-state index contributed by atoms with van der Waals surface area (Å²) < 4.78 is 28.1. The van der Waals surface area contributed by atoms with Crippen molar-refractivity contribution in [1.29, 1.82) is 0 Å². The summed E-state index contributed by atoms with van der Waals surface area (Å²) in [5.74, 6) is 0.